The van der Waals surface area contributed by atoms with Crippen LogP contribution in [0.1, 0.15) is 10.6 Å². The summed E-state index contributed by atoms with van der Waals surface area (Å²) in [4.78, 5) is 19.1. The molecule has 0 saturated heterocycles. The molecule has 6 nitrogen and oxygen atoms in total. The van der Waals surface area contributed by atoms with Crippen molar-refractivity contribution >= 4 is 39.9 Å². The zero-order valence-corrected chi connectivity index (χ0v) is 12.0. The first-order valence-corrected chi connectivity index (χ1v) is 7.41. The summed E-state index contributed by atoms with van der Waals surface area (Å²) in [5.41, 5.74) is 4.68. The van der Waals surface area contributed by atoms with Crippen LogP contribution in [0.15, 0.2) is 46.5 Å². The van der Waals surface area contributed by atoms with Gasteiger partial charge in [0.25, 0.3) is 5.91 Å². The summed E-state index contributed by atoms with van der Waals surface area (Å²) in [7, 11) is 0. The molecule has 0 aliphatic carbocycles. The minimum absolute atomic E-state index is 0.0203. The van der Waals surface area contributed by atoms with Crippen molar-refractivity contribution in [2.24, 2.45) is 5.10 Å². The van der Waals surface area contributed by atoms with Crippen LogP contribution in [0, 0.1) is 0 Å². The van der Waals surface area contributed by atoms with Crippen LogP contribution in [0.2, 0.25) is 0 Å². The van der Waals surface area contributed by atoms with Gasteiger partial charge in [0.15, 0.2) is 5.88 Å². The molecule has 2 aromatic heterocycles. The average molecular weight is 310 g/mol. The second-order valence-electron chi connectivity index (χ2n) is 4.73. The van der Waals surface area contributed by atoms with E-state index in [1.165, 1.54) is 11.3 Å². The van der Waals surface area contributed by atoms with Crippen molar-refractivity contribution in [1.82, 2.24) is 15.4 Å². The van der Waals surface area contributed by atoms with Crippen molar-refractivity contribution in [3.63, 3.8) is 0 Å². The molecule has 7 heteroatoms. The Morgan fingerprint density at radius 2 is 2.14 bits per heavy atom. The Morgan fingerprint density at radius 1 is 1.27 bits per heavy atom. The molecule has 0 unspecified atom stereocenters. The average Bonchev–Trinajstić information content (AvgIpc) is 3.21. The lowest BCUT2D eigenvalue weighted by molar-refractivity contribution is -0.116. The Kier molecular flexibility index (Phi) is 2.80. The maximum atomic E-state index is 12.0. The highest BCUT2D eigenvalue weighted by atomic mass is 32.1. The van der Waals surface area contributed by atoms with Gasteiger partial charge in [-0.15, -0.1) is 11.3 Å². The number of rotatable bonds is 2. The molecule has 1 aliphatic rings. The van der Waals surface area contributed by atoms with E-state index in [9.17, 15) is 9.90 Å². The normalized spacial score (nSPS) is 16.3. The van der Waals surface area contributed by atoms with Crippen molar-refractivity contribution in [2.45, 2.75) is 0 Å². The van der Waals surface area contributed by atoms with Gasteiger partial charge >= 0.3 is 0 Å². The van der Waals surface area contributed by atoms with E-state index in [-0.39, 0.29) is 11.8 Å². The summed E-state index contributed by atoms with van der Waals surface area (Å²) in [5.74, 6) is -0.290. The number of aromatic hydroxyl groups is 1. The minimum atomic E-state index is -0.310. The number of amides is 1. The molecule has 22 heavy (non-hydrogen) atoms. The van der Waals surface area contributed by atoms with Gasteiger partial charge in [-0.1, -0.05) is 18.2 Å². The van der Waals surface area contributed by atoms with E-state index in [1.807, 2.05) is 29.6 Å². The number of benzene rings is 1. The predicted octanol–water partition coefficient (Wildman–Crippen LogP) is 2.25. The highest BCUT2D eigenvalue weighted by Gasteiger charge is 2.26. The standard InChI is InChI=1S/C15H10N4O2S/c20-13-9(8-3-1-2-4-11(8)17-13)7-10-12(18-19-14(10)21)15-16-5-6-22-15/h1-7,17,20H,(H,19,21)/b10-7-. The molecule has 1 aliphatic heterocycles. The summed E-state index contributed by atoms with van der Waals surface area (Å²) in [6, 6.07) is 7.49. The fourth-order valence-corrected chi connectivity index (χ4v) is 3.05. The molecule has 0 fully saturated rings. The number of thiazole rings is 1. The lowest BCUT2D eigenvalue weighted by atomic mass is 10.1. The van der Waals surface area contributed by atoms with Gasteiger partial charge in [0, 0.05) is 28.0 Å². The Hall–Kier alpha value is -2.93. The second kappa shape index (κ2) is 4.81. The summed E-state index contributed by atoms with van der Waals surface area (Å²) in [6.07, 6.45) is 3.29. The van der Waals surface area contributed by atoms with Crippen LogP contribution in [0.25, 0.3) is 17.0 Å². The molecule has 3 heterocycles. The molecular formula is C15H10N4O2S. The Bertz CT molecular complexity index is 938. The van der Waals surface area contributed by atoms with Gasteiger partial charge in [-0.25, -0.2) is 10.4 Å². The predicted molar refractivity (Wildman–Crippen MR) is 84.7 cm³/mol. The van der Waals surface area contributed by atoms with Gasteiger partial charge in [-0.3, -0.25) is 4.79 Å². The lowest BCUT2D eigenvalue weighted by Crippen LogP contribution is -2.13. The van der Waals surface area contributed by atoms with E-state index >= 15 is 0 Å². The number of carbonyl (C=O) groups excluding carboxylic acids is 1. The van der Waals surface area contributed by atoms with Crippen LogP contribution in [0.5, 0.6) is 5.88 Å². The number of hydrogen-bond donors (Lipinski definition) is 3. The molecular weight excluding hydrogens is 300 g/mol. The van der Waals surface area contributed by atoms with Gasteiger partial charge in [0.1, 0.15) is 10.7 Å². The quantitative estimate of drug-likeness (QED) is 0.634. The van der Waals surface area contributed by atoms with Gasteiger partial charge in [0.05, 0.1) is 5.57 Å². The van der Waals surface area contributed by atoms with Crippen molar-refractivity contribution in [3.05, 3.63) is 52.0 Å². The van der Waals surface area contributed by atoms with Crippen molar-refractivity contribution < 1.29 is 9.90 Å². The third-order valence-corrected chi connectivity index (χ3v) is 4.20. The van der Waals surface area contributed by atoms with Crippen LogP contribution >= 0.6 is 11.3 Å². The van der Waals surface area contributed by atoms with E-state index in [0.717, 1.165) is 10.9 Å². The first kappa shape index (κ1) is 12.8. The van der Waals surface area contributed by atoms with Crippen LogP contribution in [-0.2, 0) is 4.79 Å². The topological polar surface area (TPSA) is 90.4 Å². The number of hydrogen-bond acceptors (Lipinski definition) is 5. The Labute approximate surface area is 128 Å². The minimum Gasteiger partial charge on any atom is -0.494 e. The maximum absolute atomic E-state index is 12.0. The van der Waals surface area contributed by atoms with Gasteiger partial charge < -0.3 is 10.1 Å². The molecule has 3 aromatic rings. The molecule has 0 bridgehead atoms. The van der Waals surface area contributed by atoms with Gasteiger partial charge in [-0.2, -0.15) is 5.10 Å². The fraction of sp³-hybridized carbons (Fsp3) is 0. The number of nitrogens with one attached hydrogen (secondary N) is 2. The molecule has 108 valence electrons. The maximum Gasteiger partial charge on any atom is 0.273 e. The summed E-state index contributed by atoms with van der Waals surface area (Å²) >= 11 is 1.40. The fourth-order valence-electron chi connectivity index (χ4n) is 2.41. The number of nitrogens with zero attached hydrogens (tertiary/aromatic N) is 2. The van der Waals surface area contributed by atoms with Crippen molar-refractivity contribution in [3.8, 4) is 5.88 Å². The first-order chi connectivity index (χ1) is 10.7. The molecule has 0 saturated carbocycles. The second-order valence-corrected chi connectivity index (χ2v) is 5.62. The van der Waals surface area contributed by atoms with Gasteiger partial charge in [-0.05, 0) is 12.1 Å². The Balaban J connectivity index is 1.88. The smallest absolute Gasteiger partial charge is 0.273 e. The summed E-state index contributed by atoms with van der Waals surface area (Å²) < 4.78 is 0. The van der Waals surface area contributed by atoms with Crippen LogP contribution in [0.3, 0.4) is 0 Å². The van der Waals surface area contributed by atoms with E-state index in [0.29, 0.717) is 21.9 Å². The highest BCUT2D eigenvalue weighted by Crippen LogP contribution is 2.30. The zero-order chi connectivity index (χ0) is 15.1. The van der Waals surface area contributed by atoms with Crippen molar-refractivity contribution in [2.75, 3.05) is 0 Å². The molecule has 1 aromatic carbocycles. The lowest BCUT2D eigenvalue weighted by Gasteiger charge is -1.98. The molecule has 0 radical (unpaired) electrons. The van der Waals surface area contributed by atoms with E-state index < -0.39 is 0 Å². The first-order valence-electron chi connectivity index (χ1n) is 6.53. The molecule has 0 atom stereocenters. The van der Waals surface area contributed by atoms with Gasteiger partial charge in [0.2, 0.25) is 0 Å². The number of carbonyl (C=O) groups is 1. The number of H-pyrrole nitrogens is 1. The van der Waals surface area contributed by atoms with Crippen LogP contribution in [0.4, 0.5) is 0 Å². The van der Waals surface area contributed by atoms with E-state index in [2.05, 4.69) is 20.5 Å². The molecule has 3 N–H and O–H groups in total. The molecule has 1 amide bonds. The highest BCUT2D eigenvalue weighted by molar-refractivity contribution is 7.12. The summed E-state index contributed by atoms with van der Waals surface area (Å²) in [5, 5.41) is 17.5. The van der Waals surface area contributed by atoms with E-state index in [1.54, 1.807) is 12.3 Å². The Morgan fingerprint density at radius 3 is 2.95 bits per heavy atom. The largest absolute Gasteiger partial charge is 0.494 e. The van der Waals surface area contributed by atoms with Crippen LogP contribution in [-0.4, -0.2) is 26.7 Å². The number of para-hydroxylation sites is 1. The zero-order valence-electron chi connectivity index (χ0n) is 11.2. The number of hydrazone groups is 1. The number of aromatic amines is 1. The van der Waals surface area contributed by atoms with Crippen molar-refractivity contribution in [1.29, 1.82) is 0 Å². The number of aromatic nitrogens is 2. The third kappa shape index (κ3) is 1.91. The van der Waals surface area contributed by atoms with Crippen LogP contribution < -0.4 is 5.43 Å². The number of fused-ring (bicyclic) bond motifs is 1. The summed E-state index contributed by atoms with van der Waals surface area (Å²) in [6.45, 7) is 0. The van der Waals surface area contributed by atoms with E-state index in [4.69, 9.17) is 0 Å². The monoisotopic (exact) mass is 310 g/mol. The third-order valence-electron chi connectivity index (χ3n) is 3.42. The molecule has 4 rings (SSSR count). The molecule has 0 spiro atoms. The SMILES string of the molecule is O=C1NN=C(c2nccs2)/C1=C/c1c(O)[nH]c2ccccc12.